The van der Waals surface area contributed by atoms with Gasteiger partial charge in [0.1, 0.15) is 0 Å². The van der Waals surface area contributed by atoms with Crippen LogP contribution < -0.4 is 10.6 Å². The van der Waals surface area contributed by atoms with Crippen LogP contribution in [0.5, 0.6) is 0 Å². The summed E-state index contributed by atoms with van der Waals surface area (Å²) in [4.78, 5) is 2.59. The summed E-state index contributed by atoms with van der Waals surface area (Å²) in [6.45, 7) is 6.96. The molecule has 0 fully saturated rings. The molecule has 2 nitrogen and oxygen atoms in total. The lowest BCUT2D eigenvalue weighted by Crippen LogP contribution is -2.25. The highest BCUT2D eigenvalue weighted by molar-refractivity contribution is 5.53. The van der Waals surface area contributed by atoms with Crippen molar-refractivity contribution in [2.75, 3.05) is 23.7 Å². The van der Waals surface area contributed by atoms with Gasteiger partial charge in [-0.15, -0.1) is 0 Å². The van der Waals surface area contributed by atoms with E-state index in [1.165, 1.54) is 122 Å². The van der Waals surface area contributed by atoms with E-state index in [1.54, 1.807) is 0 Å². The third-order valence-electron chi connectivity index (χ3n) is 5.82. The quantitative estimate of drug-likeness (QED) is 0.190. The highest BCUT2D eigenvalue weighted by atomic mass is 15.1. The average molecular weight is 389 g/mol. The number of hydrogen-bond acceptors (Lipinski definition) is 2. The van der Waals surface area contributed by atoms with Crippen LogP contribution in [0, 0.1) is 0 Å². The van der Waals surface area contributed by atoms with Gasteiger partial charge in [0.15, 0.2) is 0 Å². The van der Waals surface area contributed by atoms with Crippen molar-refractivity contribution in [3.63, 3.8) is 0 Å². The lowest BCUT2D eigenvalue weighted by molar-refractivity contribution is 0.555. The second kappa shape index (κ2) is 17.9. The predicted molar refractivity (Wildman–Crippen MR) is 128 cm³/mol. The van der Waals surface area contributed by atoms with Crippen molar-refractivity contribution in [2.45, 2.75) is 117 Å². The first-order valence-corrected chi connectivity index (χ1v) is 12.4. The molecule has 2 heteroatoms. The molecule has 0 aromatic heterocycles. The first kappa shape index (κ1) is 24.9. The monoisotopic (exact) mass is 388 g/mol. The van der Waals surface area contributed by atoms with Crippen LogP contribution in [0.15, 0.2) is 24.3 Å². The van der Waals surface area contributed by atoms with Gasteiger partial charge in [-0.1, -0.05) is 104 Å². The number of nitrogens with zero attached hydrogens (tertiary/aromatic N) is 1. The molecular weight excluding hydrogens is 340 g/mol. The standard InChI is InChI=1S/C26H48N2/c1-3-5-7-9-11-13-15-17-23-28(26-21-19-25(27)20-22-26)24-18-16-14-12-10-8-6-4-2/h19-22H,3-18,23-24,27H2,1-2H3. The molecule has 0 saturated heterocycles. The van der Waals surface area contributed by atoms with E-state index in [9.17, 15) is 0 Å². The predicted octanol–water partition coefficient (Wildman–Crippen LogP) is 8.36. The fraction of sp³-hybridized carbons (Fsp3) is 0.769. The van der Waals surface area contributed by atoms with Crippen molar-refractivity contribution in [1.29, 1.82) is 0 Å². The summed E-state index contributed by atoms with van der Waals surface area (Å²) in [6.07, 6.45) is 22.2. The van der Waals surface area contributed by atoms with Gasteiger partial charge in [-0.2, -0.15) is 0 Å². The van der Waals surface area contributed by atoms with Gasteiger partial charge in [0.05, 0.1) is 0 Å². The van der Waals surface area contributed by atoms with E-state index >= 15 is 0 Å². The first-order valence-electron chi connectivity index (χ1n) is 12.4. The van der Waals surface area contributed by atoms with E-state index in [4.69, 9.17) is 5.73 Å². The van der Waals surface area contributed by atoms with Gasteiger partial charge in [0.2, 0.25) is 0 Å². The third-order valence-corrected chi connectivity index (χ3v) is 5.82. The van der Waals surface area contributed by atoms with Crippen LogP contribution in [-0.2, 0) is 0 Å². The molecule has 0 bridgehead atoms. The fourth-order valence-corrected chi connectivity index (χ4v) is 3.93. The Morgan fingerprint density at radius 2 is 0.893 bits per heavy atom. The maximum atomic E-state index is 5.89. The lowest BCUT2D eigenvalue weighted by Gasteiger charge is -2.25. The maximum Gasteiger partial charge on any atom is 0.0367 e. The Hall–Kier alpha value is -1.18. The van der Waals surface area contributed by atoms with Gasteiger partial charge in [0.25, 0.3) is 0 Å². The highest BCUT2D eigenvalue weighted by Crippen LogP contribution is 2.19. The molecule has 1 aromatic carbocycles. The van der Waals surface area contributed by atoms with Gasteiger partial charge in [-0.05, 0) is 37.1 Å². The molecule has 0 heterocycles. The molecule has 0 radical (unpaired) electrons. The normalized spacial score (nSPS) is 11.1. The molecule has 0 atom stereocenters. The van der Waals surface area contributed by atoms with Crippen LogP contribution in [0.25, 0.3) is 0 Å². The molecule has 162 valence electrons. The third kappa shape index (κ3) is 13.1. The van der Waals surface area contributed by atoms with Crippen LogP contribution in [0.1, 0.15) is 117 Å². The second-order valence-corrected chi connectivity index (χ2v) is 8.53. The number of anilines is 2. The highest BCUT2D eigenvalue weighted by Gasteiger charge is 2.06. The van der Waals surface area contributed by atoms with Crippen LogP contribution in [-0.4, -0.2) is 13.1 Å². The second-order valence-electron chi connectivity index (χ2n) is 8.53. The summed E-state index contributed by atoms with van der Waals surface area (Å²) in [5, 5.41) is 0. The van der Waals surface area contributed by atoms with E-state index in [0.717, 1.165) is 5.69 Å². The van der Waals surface area contributed by atoms with E-state index in [1.807, 2.05) is 12.1 Å². The zero-order valence-corrected chi connectivity index (χ0v) is 19.1. The summed E-state index contributed by atoms with van der Waals surface area (Å²) in [6, 6.07) is 8.49. The van der Waals surface area contributed by atoms with Crippen molar-refractivity contribution in [1.82, 2.24) is 0 Å². The zero-order valence-electron chi connectivity index (χ0n) is 19.1. The Morgan fingerprint density at radius 3 is 1.29 bits per heavy atom. The zero-order chi connectivity index (χ0) is 20.3. The minimum atomic E-state index is 0.864. The topological polar surface area (TPSA) is 29.3 Å². The Bertz CT molecular complexity index is 420. The summed E-state index contributed by atoms with van der Waals surface area (Å²) in [5.41, 5.74) is 8.10. The molecule has 2 N–H and O–H groups in total. The van der Waals surface area contributed by atoms with Gasteiger partial charge in [0, 0.05) is 24.5 Å². The number of nitrogen functional groups attached to an aromatic ring is 1. The number of unbranched alkanes of at least 4 members (excludes halogenated alkanes) is 14. The summed E-state index contributed by atoms with van der Waals surface area (Å²) in [7, 11) is 0. The largest absolute Gasteiger partial charge is 0.399 e. The van der Waals surface area contributed by atoms with E-state index in [2.05, 4.69) is 30.9 Å². The Balaban J connectivity index is 2.24. The molecule has 0 unspecified atom stereocenters. The van der Waals surface area contributed by atoms with E-state index in [-0.39, 0.29) is 0 Å². The molecule has 0 spiro atoms. The minimum absolute atomic E-state index is 0.864. The van der Waals surface area contributed by atoms with Crippen molar-refractivity contribution in [3.05, 3.63) is 24.3 Å². The number of benzene rings is 1. The number of rotatable bonds is 19. The Morgan fingerprint density at radius 1 is 0.536 bits per heavy atom. The molecule has 0 aliphatic heterocycles. The van der Waals surface area contributed by atoms with Gasteiger partial charge in [-0.3, -0.25) is 0 Å². The number of hydrogen-bond donors (Lipinski definition) is 1. The SMILES string of the molecule is CCCCCCCCCCN(CCCCCCCCCC)c1ccc(N)cc1. The average Bonchev–Trinajstić information content (AvgIpc) is 2.71. The van der Waals surface area contributed by atoms with E-state index in [0.29, 0.717) is 0 Å². The molecule has 0 saturated carbocycles. The van der Waals surface area contributed by atoms with Crippen molar-refractivity contribution in [2.24, 2.45) is 0 Å². The molecule has 0 amide bonds. The van der Waals surface area contributed by atoms with Crippen molar-refractivity contribution >= 4 is 11.4 Å². The molecule has 28 heavy (non-hydrogen) atoms. The lowest BCUT2D eigenvalue weighted by atomic mass is 10.1. The van der Waals surface area contributed by atoms with E-state index < -0.39 is 0 Å². The maximum absolute atomic E-state index is 5.89. The Labute approximate surface area is 176 Å². The molecule has 1 rings (SSSR count). The smallest absolute Gasteiger partial charge is 0.0367 e. The Kier molecular flexibility index (Phi) is 15.9. The number of nitrogens with two attached hydrogens (primary N) is 1. The minimum Gasteiger partial charge on any atom is -0.399 e. The van der Waals surface area contributed by atoms with Crippen LogP contribution in [0.2, 0.25) is 0 Å². The van der Waals surface area contributed by atoms with Gasteiger partial charge < -0.3 is 10.6 Å². The van der Waals surface area contributed by atoms with Crippen molar-refractivity contribution in [3.8, 4) is 0 Å². The van der Waals surface area contributed by atoms with Crippen LogP contribution in [0.4, 0.5) is 11.4 Å². The summed E-state index contributed by atoms with van der Waals surface area (Å²) < 4.78 is 0. The molecular formula is C26H48N2. The first-order chi connectivity index (χ1) is 13.8. The van der Waals surface area contributed by atoms with Crippen molar-refractivity contribution < 1.29 is 0 Å². The fourth-order valence-electron chi connectivity index (χ4n) is 3.93. The molecule has 1 aromatic rings. The van der Waals surface area contributed by atoms with Gasteiger partial charge >= 0.3 is 0 Å². The summed E-state index contributed by atoms with van der Waals surface area (Å²) in [5.74, 6) is 0. The molecule has 0 aliphatic carbocycles. The summed E-state index contributed by atoms with van der Waals surface area (Å²) >= 11 is 0. The van der Waals surface area contributed by atoms with Crippen LogP contribution >= 0.6 is 0 Å². The molecule has 0 aliphatic rings. The van der Waals surface area contributed by atoms with Crippen LogP contribution in [0.3, 0.4) is 0 Å². The van der Waals surface area contributed by atoms with Gasteiger partial charge in [-0.25, -0.2) is 0 Å².